The molecule has 1 amide bonds. The Kier molecular flexibility index (Phi) is 6.58. The summed E-state index contributed by atoms with van der Waals surface area (Å²) in [6.45, 7) is 1.62. The summed E-state index contributed by atoms with van der Waals surface area (Å²) in [5.41, 5.74) is 2.52. The van der Waals surface area contributed by atoms with Crippen LogP contribution in [-0.4, -0.2) is 27.8 Å². The number of aromatic nitrogens is 2. The van der Waals surface area contributed by atoms with Crippen LogP contribution in [0.4, 0.5) is 28.9 Å². The van der Waals surface area contributed by atoms with Gasteiger partial charge in [-0.25, -0.2) is 9.37 Å². The molecule has 2 aromatic heterocycles. The first kappa shape index (κ1) is 23.7. The monoisotopic (exact) mass is 476 g/mol. The van der Waals surface area contributed by atoms with Gasteiger partial charge in [0, 0.05) is 30.5 Å². The predicted molar refractivity (Wildman–Crippen MR) is 120 cm³/mol. The van der Waals surface area contributed by atoms with Gasteiger partial charge in [0.15, 0.2) is 5.78 Å². The van der Waals surface area contributed by atoms with Gasteiger partial charge in [0.1, 0.15) is 11.5 Å². The van der Waals surface area contributed by atoms with E-state index in [9.17, 15) is 27.2 Å². The second-order valence-electron chi connectivity index (χ2n) is 8.64. The average Bonchev–Trinajstić information content (AvgIpc) is 3.22. The van der Waals surface area contributed by atoms with E-state index in [0.29, 0.717) is 28.3 Å². The van der Waals surface area contributed by atoms with Crippen molar-refractivity contribution in [2.75, 3.05) is 10.6 Å². The number of aromatic amines is 1. The lowest BCUT2D eigenvalue weighted by Gasteiger charge is -2.29. The number of H-pyrrole nitrogens is 1. The molecule has 0 radical (unpaired) electrons. The number of carbonyl (C=O) groups excluding carboxylic acids is 2. The van der Waals surface area contributed by atoms with Crippen LogP contribution in [0.15, 0.2) is 36.5 Å². The zero-order chi connectivity index (χ0) is 24.5. The molecule has 3 N–H and O–H groups in total. The maximum absolute atomic E-state index is 13.9. The molecule has 0 spiro atoms. The molecule has 10 heteroatoms. The number of pyridine rings is 1. The maximum Gasteiger partial charge on any atom is 0.391 e. The molecule has 1 aliphatic rings. The molecule has 0 unspecified atom stereocenters. The molecule has 0 saturated heterocycles. The molecular formula is C24H24F4N4O2. The van der Waals surface area contributed by atoms with Gasteiger partial charge in [0.2, 0.25) is 5.91 Å². The molecule has 0 bridgehead atoms. The normalized spacial score (nSPS) is 18.6. The van der Waals surface area contributed by atoms with Gasteiger partial charge in [-0.3, -0.25) is 9.59 Å². The number of hydrogen-bond acceptors (Lipinski definition) is 4. The van der Waals surface area contributed by atoms with Crippen molar-refractivity contribution in [1.29, 1.82) is 0 Å². The Labute approximate surface area is 193 Å². The zero-order valence-corrected chi connectivity index (χ0v) is 18.4. The summed E-state index contributed by atoms with van der Waals surface area (Å²) in [6, 6.07) is 7.44. The highest BCUT2D eigenvalue weighted by molar-refractivity contribution is 5.97. The molecule has 1 aromatic carbocycles. The van der Waals surface area contributed by atoms with Crippen LogP contribution in [0.2, 0.25) is 0 Å². The van der Waals surface area contributed by atoms with Crippen LogP contribution in [0, 0.1) is 17.7 Å². The summed E-state index contributed by atoms with van der Waals surface area (Å²) >= 11 is 0. The standard InChI is InChI=1S/C24H24F4N4O2/c1-13(33)21-10-15-9-19(12-30-22(15)31-21)29-11-16-8-18(25)6-7-20(16)32-23(34)14-2-4-17(5-3-14)24(26,27)28/h6-10,12,14,17,29H,2-5,11H2,1H3,(H,30,31)(H,32,34). The lowest BCUT2D eigenvalue weighted by Crippen LogP contribution is -2.32. The largest absolute Gasteiger partial charge is 0.391 e. The predicted octanol–water partition coefficient (Wildman–Crippen LogP) is 5.82. The number of nitrogens with one attached hydrogen (secondary N) is 3. The van der Waals surface area contributed by atoms with Gasteiger partial charge >= 0.3 is 6.18 Å². The summed E-state index contributed by atoms with van der Waals surface area (Å²) in [4.78, 5) is 31.4. The van der Waals surface area contributed by atoms with E-state index >= 15 is 0 Å². The van der Waals surface area contributed by atoms with Crippen LogP contribution in [0.1, 0.15) is 48.7 Å². The molecule has 3 aromatic rings. The molecule has 34 heavy (non-hydrogen) atoms. The number of amides is 1. The van der Waals surface area contributed by atoms with Crippen LogP contribution in [-0.2, 0) is 11.3 Å². The quantitative estimate of drug-likeness (QED) is 0.309. The van der Waals surface area contributed by atoms with Gasteiger partial charge in [-0.05, 0) is 61.6 Å². The summed E-state index contributed by atoms with van der Waals surface area (Å²) < 4.78 is 52.6. The number of anilines is 2. The minimum absolute atomic E-state index is 0.0700. The highest BCUT2D eigenvalue weighted by Crippen LogP contribution is 2.39. The zero-order valence-electron chi connectivity index (χ0n) is 18.4. The SMILES string of the molecule is CC(=O)c1cc2cc(NCc3cc(F)ccc3NC(=O)C3CCC(C(F)(F)F)CC3)cnc2[nH]1. The van der Waals surface area contributed by atoms with E-state index in [4.69, 9.17) is 0 Å². The van der Waals surface area contributed by atoms with E-state index in [2.05, 4.69) is 20.6 Å². The van der Waals surface area contributed by atoms with Gasteiger partial charge in [0.25, 0.3) is 0 Å². The van der Waals surface area contributed by atoms with Crippen molar-refractivity contribution in [3.8, 4) is 0 Å². The second-order valence-corrected chi connectivity index (χ2v) is 8.64. The lowest BCUT2D eigenvalue weighted by atomic mass is 9.81. The molecule has 1 fully saturated rings. The summed E-state index contributed by atoms with van der Waals surface area (Å²) in [5.74, 6) is -2.83. The van der Waals surface area contributed by atoms with Crippen molar-refractivity contribution in [1.82, 2.24) is 9.97 Å². The number of Topliss-reactive ketones (excluding diaryl/α,β-unsaturated/α-hetero) is 1. The van der Waals surface area contributed by atoms with Crippen LogP contribution >= 0.6 is 0 Å². The number of nitrogens with zero attached hydrogens (tertiary/aromatic N) is 1. The fourth-order valence-electron chi connectivity index (χ4n) is 4.25. The summed E-state index contributed by atoms with van der Waals surface area (Å²) in [6.07, 6.45) is -2.48. The molecule has 1 saturated carbocycles. The van der Waals surface area contributed by atoms with Gasteiger partial charge in [0.05, 0.1) is 23.5 Å². The van der Waals surface area contributed by atoms with E-state index in [-0.39, 0.29) is 43.9 Å². The molecule has 2 heterocycles. The van der Waals surface area contributed by atoms with Crippen LogP contribution < -0.4 is 10.6 Å². The fraction of sp³-hybridized carbons (Fsp3) is 0.375. The Bertz CT molecular complexity index is 1210. The number of fused-ring (bicyclic) bond motifs is 1. The second kappa shape index (κ2) is 9.44. The van der Waals surface area contributed by atoms with Crippen molar-refractivity contribution < 1.29 is 27.2 Å². The maximum atomic E-state index is 13.9. The van der Waals surface area contributed by atoms with Gasteiger partial charge < -0.3 is 15.6 Å². The molecule has 0 atom stereocenters. The highest BCUT2D eigenvalue weighted by atomic mass is 19.4. The smallest absolute Gasteiger partial charge is 0.380 e. The van der Waals surface area contributed by atoms with E-state index < -0.39 is 23.8 Å². The van der Waals surface area contributed by atoms with Crippen molar-refractivity contribution in [3.05, 3.63) is 53.6 Å². The fourth-order valence-corrected chi connectivity index (χ4v) is 4.25. The van der Waals surface area contributed by atoms with E-state index in [1.165, 1.54) is 25.1 Å². The Balaban J connectivity index is 1.43. The molecule has 4 rings (SSSR count). The summed E-state index contributed by atoms with van der Waals surface area (Å²) in [7, 11) is 0. The number of alkyl halides is 3. The number of hydrogen-bond donors (Lipinski definition) is 3. The van der Waals surface area contributed by atoms with Crippen LogP contribution in [0.3, 0.4) is 0 Å². The van der Waals surface area contributed by atoms with E-state index in [0.717, 1.165) is 5.39 Å². The average molecular weight is 476 g/mol. The van der Waals surface area contributed by atoms with Gasteiger partial charge in [-0.2, -0.15) is 13.2 Å². The third-order valence-electron chi connectivity index (χ3n) is 6.22. The van der Waals surface area contributed by atoms with Crippen LogP contribution in [0.5, 0.6) is 0 Å². The van der Waals surface area contributed by atoms with Crippen molar-refractivity contribution in [3.63, 3.8) is 0 Å². The first-order chi connectivity index (χ1) is 16.1. The summed E-state index contributed by atoms with van der Waals surface area (Å²) in [5, 5.41) is 6.62. The van der Waals surface area contributed by atoms with Crippen LogP contribution in [0.25, 0.3) is 11.0 Å². The topological polar surface area (TPSA) is 86.9 Å². The lowest BCUT2D eigenvalue weighted by molar-refractivity contribution is -0.184. The molecule has 6 nitrogen and oxygen atoms in total. The number of ketones is 1. The molecule has 180 valence electrons. The Morgan fingerprint density at radius 1 is 1.12 bits per heavy atom. The minimum Gasteiger partial charge on any atom is -0.380 e. The molecule has 1 aliphatic carbocycles. The first-order valence-electron chi connectivity index (χ1n) is 11.0. The minimum atomic E-state index is -4.23. The van der Waals surface area contributed by atoms with Gasteiger partial charge in [-0.15, -0.1) is 0 Å². The molecule has 0 aliphatic heterocycles. The Morgan fingerprint density at radius 2 is 1.85 bits per heavy atom. The van der Waals surface area contributed by atoms with E-state index in [1.807, 2.05) is 0 Å². The third-order valence-corrected chi connectivity index (χ3v) is 6.22. The Morgan fingerprint density at radius 3 is 2.53 bits per heavy atom. The number of halogens is 4. The number of rotatable bonds is 6. The first-order valence-corrected chi connectivity index (χ1v) is 11.0. The third kappa shape index (κ3) is 5.37. The number of benzene rings is 1. The van der Waals surface area contributed by atoms with E-state index in [1.54, 1.807) is 18.3 Å². The molecular weight excluding hydrogens is 452 g/mol. The van der Waals surface area contributed by atoms with Gasteiger partial charge in [-0.1, -0.05) is 0 Å². The number of carbonyl (C=O) groups is 2. The Hall–Kier alpha value is -3.43. The highest BCUT2D eigenvalue weighted by Gasteiger charge is 2.42. The van der Waals surface area contributed by atoms with Crippen molar-refractivity contribution >= 4 is 34.1 Å². The van der Waals surface area contributed by atoms with Crippen molar-refractivity contribution in [2.45, 2.75) is 45.3 Å². The van der Waals surface area contributed by atoms with Crippen molar-refractivity contribution in [2.24, 2.45) is 11.8 Å².